The molecule has 0 unspecified atom stereocenters. The van der Waals surface area contributed by atoms with Crippen LogP contribution in [0.1, 0.15) is 110 Å². The van der Waals surface area contributed by atoms with Gasteiger partial charge in [-0.05, 0) is 25.3 Å². The van der Waals surface area contributed by atoms with E-state index in [2.05, 4.69) is 13.8 Å². The van der Waals surface area contributed by atoms with E-state index >= 15 is 0 Å². The van der Waals surface area contributed by atoms with Crippen molar-refractivity contribution in [2.24, 2.45) is 11.7 Å². The minimum Gasteiger partial charge on any atom is -0.480 e. The number of aliphatic carboxylic acids is 1. The molecule has 166 valence electrons. The number of hydrogen-bond donors (Lipinski definition) is 2. The molecule has 0 saturated carbocycles. The highest BCUT2D eigenvalue weighted by atomic mass is 16.4. The molecule has 0 aliphatic heterocycles. The summed E-state index contributed by atoms with van der Waals surface area (Å²) in [6.45, 7) is 5.31. The summed E-state index contributed by atoms with van der Waals surface area (Å²) < 4.78 is 0. The maximum absolute atomic E-state index is 12.1. The molecule has 0 aliphatic rings. The van der Waals surface area contributed by atoms with Crippen LogP contribution in [0.5, 0.6) is 0 Å². The van der Waals surface area contributed by atoms with Gasteiger partial charge in [0, 0.05) is 13.0 Å². The number of unbranched alkanes of at least 4 members (excludes halogenated alkanes) is 11. The van der Waals surface area contributed by atoms with Gasteiger partial charge in [-0.1, -0.05) is 90.9 Å². The summed E-state index contributed by atoms with van der Waals surface area (Å²) in [7, 11) is 0. The van der Waals surface area contributed by atoms with Crippen LogP contribution in [0.4, 0.5) is 0 Å². The number of nitrogens with zero attached hydrogens (tertiary/aromatic N) is 1. The van der Waals surface area contributed by atoms with Gasteiger partial charge >= 0.3 is 5.97 Å². The normalized spacial score (nSPS) is 11.1. The van der Waals surface area contributed by atoms with Crippen molar-refractivity contribution in [2.75, 3.05) is 19.6 Å². The second kappa shape index (κ2) is 19.2. The first-order valence-electron chi connectivity index (χ1n) is 11.7. The standard InChI is InChI=1S/C23H46N2O3/c1-21(2)16-13-11-9-7-5-3-4-6-8-10-12-14-17-22(26)25(19-15-18-24)20-23(27)28/h21H,3-20,24H2,1-2H3,(H,27,28). The fourth-order valence-corrected chi connectivity index (χ4v) is 3.49. The minimum atomic E-state index is -0.957. The Morgan fingerprint density at radius 3 is 1.68 bits per heavy atom. The van der Waals surface area contributed by atoms with Crippen LogP contribution in [0.25, 0.3) is 0 Å². The van der Waals surface area contributed by atoms with E-state index in [1.807, 2.05) is 0 Å². The maximum Gasteiger partial charge on any atom is 0.323 e. The molecular formula is C23H46N2O3. The van der Waals surface area contributed by atoms with Crippen molar-refractivity contribution in [3.8, 4) is 0 Å². The van der Waals surface area contributed by atoms with Gasteiger partial charge in [-0.25, -0.2) is 0 Å². The van der Waals surface area contributed by atoms with Gasteiger partial charge in [0.25, 0.3) is 0 Å². The van der Waals surface area contributed by atoms with Crippen LogP contribution >= 0.6 is 0 Å². The van der Waals surface area contributed by atoms with Crippen molar-refractivity contribution in [2.45, 2.75) is 110 Å². The van der Waals surface area contributed by atoms with E-state index in [9.17, 15) is 9.59 Å². The minimum absolute atomic E-state index is 0.0516. The van der Waals surface area contributed by atoms with Crippen LogP contribution in [-0.2, 0) is 9.59 Å². The van der Waals surface area contributed by atoms with Crippen molar-refractivity contribution in [3.63, 3.8) is 0 Å². The molecule has 0 heterocycles. The molecule has 0 bridgehead atoms. The largest absolute Gasteiger partial charge is 0.480 e. The Balaban J connectivity index is 3.48. The topological polar surface area (TPSA) is 83.6 Å². The van der Waals surface area contributed by atoms with Gasteiger partial charge < -0.3 is 15.7 Å². The van der Waals surface area contributed by atoms with Gasteiger partial charge in [-0.3, -0.25) is 9.59 Å². The highest BCUT2D eigenvalue weighted by Gasteiger charge is 2.15. The molecule has 0 aliphatic carbocycles. The highest BCUT2D eigenvalue weighted by molar-refractivity contribution is 5.81. The first-order chi connectivity index (χ1) is 13.5. The van der Waals surface area contributed by atoms with Crippen LogP contribution in [-0.4, -0.2) is 41.5 Å². The molecule has 3 N–H and O–H groups in total. The molecule has 0 atom stereocenters. The number of carboxylic acid groups (broad SMARTS) is 1. The summed E-state index contributed by atoms with van der Waals surface area (Å²) in [5.74, 6) is -0.164. The van der Waals surface area contributed by atoms with Gasteiger partial charge in [0.2, 0.25) is 5.91 Å². The van der Waals surface area contributed by atoms with E-state index in [1.54, 1.807) is 0 Å². The lowest BCUT2D eigenvalue weighted by atomic mass is 10.0. The third kappa shape index (κ3) is 18.3. The summed E-state index contributed by atoms with van der Waals surface area (Å²) in [5.41, 5.74) is 5.46. The van der Waals surface area contributed by atoms with Gasteiger partial charge in [0.05, 0.1) is 0 Å². The van der Waals surface area contributed by atoms with E-state index in [0.717, 1.165) is 18.8 Å². The number of nitrogens with two attached hydrogens (primary N) is 1. The summed E-state index contributed by atoms with van der Waals surface area (Å²) in [5, 5.41) is 8.91. The van der Waals surface area contributed by atoms with Crippen LogP contribution < -0.4 is 5.73 Å². The Kier molecular flexibility index (Phi) is 18.5. The van der Waals surface area contributed by atoms with Crippen LogP contribution in [0, 0.1) is 5.92 Å². The average Bonchev–Trinajstić information content (AvgIpc) is 2.64. The molecule has 0 saturated heterocycles. The van der Waals surface area contributed by atoms with Crippen LogP contribution in [0.2, 0.25) is 0 Å². The lowest BCUT2D eigenvalue weighted by molar-refractivity contribution is -0.144. The monoisotopic (exact) mass is 398 g/mol. The molecule has 28 heavy (non-hydrogen) atoms. The van der Waals surface area contributed by atoms with Crippen molar-refractivity contribution in [1.29, 1.82) is 0 Å². The molecule has 0 aromatic carbocycles. The Bertz CT molecular complexity index is 386. The smallest absolute Gasteiger partial charge is 0.323 e. The fraction of sp³-hybridized carbons (Fsp3) is 0.913. The Morgan fingerprint density at radius 1 is 0.786 bits per heavy atom. The number of carboxylic acids is 1. The molecule has 1 amide bonds. The zero-order chi connectivity index (χ0) is 21.0. The molecule has 0 aromatic rings. The molecule has 0 fully saturated rings. The van der Waals surface area contributed by atoms with Gasteiger partial charge in [0.15, 0.2) is 0 Å². The SMILES string of the molecule is CC(C)CCCCCCCCCCCCCCC(=O)N(CCCN)CC(=O)O. The molecule has 0 spiro atoms. The van der Waals surface area contributed by atoms with Crippen molar-refractivity contribution in [1.82, 2.24) is 4.90 Å². The number of rotatable bonds is 20. The number of hydrogen-bond acceptors (Lipinski definition) is 3. The average molecular weight is 399 g/mol. The third-order valence-corrected chi connectivity index (χ3v) is 5.23. The fourth-order valence-electron chi connectivity index (χ4n) is 3.49. The molecule has 0 rings (SSSR count). The Labute approximate surface area is 173 Å². The van der Waals surface area contributed by atoms with Crippen molar-refractivity contribution < 1.29 is 14.7 Å². The second-order valence-electron chi connectivity index (χ2n) is 8.53. The number of amides is 1. The first kappa shape index (κ1) is 26.9. The van der Waals surface area contributed by atoms with Crippen LogP contribution in [0.15, 0.2) is 0 Å². The molecule has 0 aromatic heterocycles. The second-order valence-corrected chi connectivity index (χ2v) is 8.53. The zero-order valence-electron chi connectivity index (χ0n) is 18.6. The van der Waals surface area contributed by atoms with Gasteiger partial charge in [-0.15, -0.1) is 0 Å². The van der Waals surface area contributed by atoms with Gasteiger partial charge in [0.1, 0.15) is 6.54 Å². The molecule has 5 heteroatoms. The van der Waals surface area contributed by atoms with E-state index in [1.165, 1.54) is 75.5 Å². The lowest BCUT2D eigenvalue weighted by Gasteiger charge is -2.20. The molecule has 0 radical (unpaired) electrons. The summed E-state index contributed by atoms with van der Waals surface area (Å²) in [4.78, 5) is 24.4. The predicted molar refractivity (Wildman–Crippen MR) is 117 cm³/mol. The summed E-state index contributed by atoms with van der Waals surface area (Å²) >= 11 is 0. The summed E-state index contributed by atoms with van der Waals surface area (Å²) in [6.07, 6.45) is 17.7. The van der Waals surface area contributed by atoms with Crippen molar-refractivity contribution in [3.05, 3.63) is 0 Å². The van der Waals surface area contributed by atoms with Crippen LogP contribution in [0.3, 0.4) is 0 Å². The first-order valence-corrected chi connectivity index (χ1v) is 11.7. The van der Waals surface area contributed by atoms with E-state index < -0.39 is 5.97 Å². The Hall–Kier alpha value is -1.10. The molecule has 5 nitrogen and oxygen atoms in total. The Morgan fingerprint density at radius 2 is 1.25 bits per heavy atom. The lowest BCUT2D eigenvalue weighted by Crippen LogP contribution is -2.37. The van der Waals surface area contributed by atoms with E-state index in [-0.39, 0.29) is 12.5 Å². The number of carbonyl (C=O) groups excluding carboxylic acids is 1. The third-order valence-electron chi connectivity index (χ3n) is 5.23. The quantitative estimate of drug-likeness (QED) is 0.270. The highest BCUT2D eigenvalue weighted by Crippen LogP contribution is 2.14. The van der Waals surface area contributed by atoms with Gasteiger partial charge in [-0.2, -0.15) is 0 Å². The summed E-state index contributed by atoms with van der Waals surface area (Å²) in [6, 6.07) is 0. The molecular weight excluding hydrogens is 352 g/mol. The van der Waals surface area contributed by atoms with E-state index in [0.29, 0.717) is 25.9 Å². The van der Waals surface area contributed by atoms with E-state index in [4.69, 9.17) is 10.8 Å². The zero-order valence-corrected chi connectivity index (χ0v) is 18.6. The predicted octanol–water partition coefficient (Wildman–Crippen LogP) is 5.37. The van der Waals surface area contributed by atoms with Crippen molar-refractivity contribution >= 4 is 11.9 Å². The number of carbonyl (C=O) groups is 2. The maximum atomic E-state index is 12.1.